The Labute approximate surface area is 150 Å². The quantitative estimate of drug-likeness (QED) is 0.699. The molecule has 0 radical (unpaired) electrons. The summed E-state index contributed by atoms with van der Waals surface area (Å²) in [6, 6.07) is 8.38. The van der Waals surface area contributed by atoms with Crippen LogP contribution in [0, 0.1) is 0 Å². The smallest absolute Gasteiger partial charge is 0.314 e. The number of nitrogens with one attached hydrogen (secondary N) is 2. The van der Waals surface area contributed by atoms with Crippen molar-refractivity contribution in [1.82, 2.24) is 15.5 Å². The van der Waals surface area contributed by atoms with E-state index in [1.165, 1.54) is 31.4 Å². The van der Waals surface area contributed by atoms with Crippen LogP contribution in [0.15, 0.2) is 24.3 Å². The molecule has 1 unspecified atom stereocenters. The maximum atomic E-state index is 11.8. The molecule has 0 spiro atoms. The standard InChI is InChI=1S/C19H30ClN3O/c1-16-6-2-4-14-23(16)15-5-3-12-21-19(24)22-13-11-17-7-9-18(20)10-8-17/h7-10,16H,2-6,11-15H2,1H3,(H2,21,22,24). The first-order chi connectivity index (χ1) is 11.6. The van der Waals surface area contributed by atoms with Gasteiger partial charge in [0, 0.05) is 24.2 Å². The number of carbonyl (C=O) groups is 1. The average Bonchev–Trinajstić information content (AvgIpc) is 2.58. The summed E-state index contributed by atoms with van der Waals surface area (Å²) >= 11 is 5.85. The summed E-state index contributed by atoms with van der Waals surface area (Å²) in [6.45, 7) is 6.10. The van der Waals surface area contributed by atoms with E-state index in [4.69, 9.17) is 11.6 Å². The van der Waals surface area contributed by atoms with E-state index in [2.05, 4.69) is 22.5 Å². The molecule has 0 saturated carbocycles. The number of amides is 2. The van der Waals surface area contributed by atoms with E-state index in [0.717, 1.165) is 43.4 Å². The molecule has 2 N–H and O–H groups in total. The summed E-state index contributed by atoms with van der Waals surface area (Å²) in [7, 11) is 0. The SMILES string of the molecule is CC1CCCCN1CCCCNC(=O)NCCc1ccc(Cl)cc1. The summed E-state index contributed by atoms with van der Waals surface area (Å²) in [5.41, 5.74) is 1.18. The number of piperidine rings is 1. The molecule has 0 aliphatic carbocycles. The third-order valence-electron chi connectivity index (χ3n) is 4.71. The summed E-state index contributed by atoms with van der Waals surface area (Å²) < 4.78 is 0. The Morgan fingerprint density at radius 1 is 1.17 bits per heavy atom. The second-order valence-corrected chi connectivity index (χ2v) is 7.08. The molecule has 1 aliphatic heterocycles. The lowest BCUT2D eigenvalue weighted by Crippen LogP contribution is -2.39. The van der Waals surface area contributed by atoms with Crippen molar-refractivity contribution in [3.8, 4) is 0 Å². The number of hydrogen-bond acceptors (Lipinski definition) is 2. The number of hydrogen-bond donors (Lipinski definition) is 2. The maximum Gasteiger partial charge on any atom is 0.314 e. The zero-order chi connectivity index (χ0) is 17.2. The van der Waals surface area contributed by atoms with Crippen LogP contribution in [0.5, 0.6) is 0 Å². The first kappa shape index (κ1) is 19.1. The molecule has 1 saturated heterocycles. The average molecular weight is 352 g/mol. The minimum absolute atomic E-state index is 0.0738. The highest BCUT2D eigenvalue weighted by molar-refractivity contribution is 6.30. The van der Waals surface area contributed by atoms with Gasteiger partial charge in [-0.2, -0.15) is 0 Å². The predicted molar refractivity (Wildman–Crippen MR) is 101 cm³/mol. The van der Waals surface area contributed by atoms with Crippen molar-refractivity contribution in [2.24, 2.45) is 0 Å². The van der Waals surface area contributed by atoms with Gasteiger partial charge in [0.05, 0.1) is 0 Å². The van der Waals surface area contributed by atoms with Crippen LogP contribution in [0.1, 0.15) is 44.6 Å². The molecule has 24 heavy (non-hydrogen) atoms. The van der Waals surface area contributed by atoms with Crippen molar-refractivity contribution >= 4 is 17.6 Å². The van der Waals surface area contributed by atoms with E-state index in [9.17, 15) is 4.79 Å². The molecule has 5 heteroatoms. The number of likely N-dealkylation sites (tertiary alicyclic amines) is 1. The molecule has 1 aromatic rings. The van der Waals surface area contributed by atoms with E-state index in [1.54, 1.807) is 0 Å². The lowest BCUT2D eigenvalue weighted by atomic mass is 10.0. The van der Waals surface area contributed by atoms with Gasteiger partial charge in [-0.15, -0.1) is 0 Å². The van der Waals surface area contributed by atoms with Crippen LogP contribution in [0.25, 0.3) is 0 Å². The van der Waals surface area contributed by atoms with Gasteiger partial charge >= 0.3 is 6.03 Å². The molecule has 1 atom stereocenters. The molecule has 134 valence electrons. The van der Waals surface area contributed by atoms with Gasteiger partial charge in [-0.3, -0.25) is 0 Å². The Kier molecular flexibility index (Phi) is 8.40. The fourth-order valence-corrected chi connectivity index (χ4v) is 3.29. The molecule has 0 aromatic heterocycles. The van der Waals surface area contributed by atoms with Crippen LogP contribution < -0.4 is 10.6 Å². The number of rotatable bonds is 8. The third-order valence-corrected chi connectivity index (χ3v) is 4.96. The van der Waals surface area contributed by atoms with Crippen LogP contribution in [-0.2, 0) is 6.42 Å². The van der Waals surface area contributed by atoms with E-state index in [0.29, 0.717) is 6.54 Å². The minimum atomic E-state index is -0.0738. The summed E-state index contributed by atoms with van der Waals surface area (Å²) in [5, 5.41) is 6.58. The van der Waals surface area contributed by atoms with E-state index >= 15 is 0 Å². The van der Waals surface area contributed by atoms with Gasteiger partial charge in [0.25, 0.3) is 0 Å². The molecular weight excluding hydrogens is 322 g/mol. The van der Waals surface area contributed by atoms with Gasteiger partial charge in [0.2, 0.25) is 0 Å². The van der Waals surface area contributed by atoms with Crippen LogP contribution in [0.3, 0.4) is 0 Å². The normalized spacial score (nSPS) is 18.3. The monoisotopic (exact) mass is 351 g/mol. The second kappa shape index (κ2) is 10.6. The fraction of sp³-hybridized carbons (Fsp3) is 0.632. The van der Waals surface area contributed by atoms with Crippen LogP contribution in [-0.4, -0.2) is 43.2 Å². The van der Waals surface area contributed by atoms with Gasteiger partial charge in [0.1, 0.15) is 0 Å². The van der Waals surface area contributed by atoms with E-state index in [1.807, 2.05) is 24.3 Å². The minimum Gasteiger partial charge on any atom is -0.338 e. The first-order valence-corrected chi connectivity index (χ1v) is 9.53. The second-order valence-electron chi connectivity index (χ2n) is 6.65. The Balaban J connectivity index is 1.48. The van der Waals surface area contributed by atoms with Gasteiger partial charge in [-0.1, -0.05) is 30.2 Å². The van der Waals surface area contributed by atoms with Crippen molar-refractivity contribution in [1.29, 1.82) is 0 Å². The van der Waals surface area contributed by atoms with Gasteiger partial charge in [0.15, 0.2) is 0 Å². The number of halogens is 1. The number of carbonyl (C=O) groups excluding carboxylic acids is 1. The van der Waals surface area contributed by atoms with Crippen molar-refractivity contribution in [3.05, 3.63) is 34.9 Å². The maximum absolute atomic E-state index is 11.8. The van der Waals surface area contributed by atoms with Crippen LogP contribution in [0.2, 0.25) is 5.02 Å². The number of urea groups is 1. The lowest BCUT2D eigenvalue weighted by Gasteiger charge is -2.33. The zero-order valence-electron chi connectivity index (χ0n) is 14.7. The zero-order valence-corrected chi connectivity index (χ0v) is 15.4. The van der Waals surface area contributed by atoms with Crippen molar-refractivity contribution < 1.29 is 4.79 Å². The molecule has 1 heterocycles. The molecule has 2 rings (SSSR count). The molecule has 0 bridgehead atoms. The fourth-order valence-electron chi connectivity index (χ4n) is 3.17. The Morgan fingerprint density at radius 2 is 1.92 bits per heavy atom. The van der Waals surface area contributed by atoms with E-state index in [-0.39, 0.29) is 6.03 Å². The lowest BCUT2D eigenvalue weighted by molar-refractivity contribution is 0.158. The van der Waals surface area contributed by atoms with Crippen LogP contribution >= 0.6 is 11.6 Å². The highest BCUT2D eigenvalue weighted by Gasteiger charge is 2.16. The van der Waals surface area contributed by atoms with Crippen molar-refractivity contribution in [2.45, 2.75) is 51.5 Å². The molecule has 1 aromatic carbocycles. The number of nitrogens with zero attached hydrogens (tertiary/aromatic N) is 1. The Morgan fingerprint density at radius 3 is 2.67 bits per heavy atom. The van der Waals surface area contributed by atoms with Gasteiger partial charge in [-0.25, -0.2) is 4.79 Å². The van der Waals surface area contributed by atoms with Gasteiger partial charge < -0.3 is 15.5 Å². The molecule has 1 aliphatic rings. The predicted octanol–water partition coefficient (Wildman–Crippen LogP) is 3.84. The van der Waals surface area contributed by atoms with E-state index < -0.39 is 0 Å². The molecule has 2 amide bonds. The topological polar surface area (TPSA) is 44.4 Å². The molecular formula is C19H30ClN3O. The Hall–Kier alpha value is -1.26. The van der Waals surface area contributed by atoms with Crippen LogP contribution in [0.4, 0.5) is 4.79 Å². The van der Waals surface area contributed by atoms with Crippen molar-refractivity contribution in [2.75, 3.05) is 26.2 Å². The Bertz CT molecular complexity index is 492. The number of unbranched alkanes of at least 4 members (excludes halogenated alkanes) is 1. The molecule has 1 fully saturated rings. The van der Waals surface area contributed by atoms with Gasteiger partial charge in [-0.05, 0) is 69.8 Å². The third kappa shape index (κ3) is 7.10. The highest BCUT2D eigenvalue weighted by Crippen LogP contribution is 2.16. The highest BCUT2D eigenvalue weighted by atomic mass is 35.5. The summed E-state index contributed by atoms with van der Waals surface area (Å²) in [6.07, 6.45) is 7.03. The van der Waals surface area contributed by atoms with Crippen molar-refractivity contribution in [3.63, 3.8) is 0 Å². The summed E-state index contributed by atoms with van der Waals surface area (Å²) in [4.78, 5) is 14.3. The molecule has 4 nitrogen and oxygen atoms in total. The first-order valence-electron chi connectivity index (χ1n) is 9.15. The summed E-state index contributed by atoms with van der Waals surface area (Å²) in [5.74, 6) is 0. The largest absolute Gasteiger partial charge is 0.338 e. The number of benzene rings is 1.